The van der Waals surface area contributed by atoms with E-state index in [9.17, 15) is 22.8 Å². The average molecular weight is 409 g/mol. The minimum absolute atomic E-state index is 0.0968. The van der Waals surface area contributed by atoms with Crippen molar-refractivity contribution in [3.8, 4) is 0 Å². The van der Waals surface area contributed by atoms with E-state index < -0.39 is 23.6 Å². The smallest absolute Gasteiger partial charge is 0.345 e. The van der Waals surface area contributed by atoms with E-state index in [1.807, 2.05) is 13.8 Å². The molecule has 4 nitrogen and oxygen atoms in total. The third kappa shape index (κ3) is 6.51. The van der Waals surface area contributed by atoms with Crippen molar-refractivity contribution < 1.29 is 22.8 Å². The maximum Gasteiger partial charge on any atom is 0.417 e. The van der Waals surface area contributed by atoms with Crippen LogP contribution in [0.25, 0.3) is 0 Å². The van der Waals surface area contributed by atoms with Crippen molar-refractivity contribution in [1.29, 1.82) is 0 Å². The number of hydrogen-bond donors (Lipinski definition) is 2. The molecule has 1 aromatic rings. The lowest BCUT2D eigenvalue weighted by Crippen LogP contribution is -2.40. The standard InChI is InChI=1S/C16H20BrF3N2O2/c1-9(2)4-5-10(3)21-14(23)15(24)22-11-6-7-13(17)12(8-11)16(18,19)20/h6-10H,4-5H2,1-3H3,(H,21,23)(H,22,24). The lowest BCUT2D eigenvalue weighted by atomic mass is 10.0. The molecule has 0 heterocycles. The van der Waals surface area contributed by atoms with Gasteiger partial charge in [-0.1, -0.05) is 29.8 Å². The van der Waals surface area contributed by atoms with Crippen LogP contribution in [0.3, 0.4) is 0 Å². The summed E-state index contributed by atoms with van der Waals surface area (Å²) in [6.45, 7) is 5.87. The van der Waals surface area contributed by atoms with E-state index in [1.165, 1.54) is 12.1 Å². The number of carbonyl (C=O) groups is 2. The molecule has 134 valence electrons. The van der Waals surface area contributed by atoms with Crippen LogP contribution < -0.4 is 10.6 Å². The highest BCUT2D eigenvalue weighted by atomic mass is 79.9. The van der Waals surface area contributed by atoms with E-state index in [4.69, 9.17) is 0 Å². The van der Waals surface area contributed by atoms with Gasteiger partial charge in [-0.2, -0.15) is 13.2 Å². The Hall–Kier alpha value is -1.57. The molecule has 1 unspecified atom stereocenters. The van der Waals surface area contributed by atoms with Crippen LogP contribution in [0.4, 0.5) is 18.9 Å². The van der Waals surface area contributed by atoms with Crippen molar-refractivity contribution in [3.05, 3.63) is 28.2 Å². The van der Waals surface area contributed by atoms with Crippen LogP contribution >= 0.6 is 15.9 Å². The lowest BCUT2D eigenvalue weighted by Gasteiger charge is -2.15. The summed E-state index contributed by atoms with van der Waals surface area (Å²) in [5, 5.41) is 4.71. The second-order valence-corrected chi connectivity index (χ2v) is 6.85. The quantitative estimate of drug-likeness (QED) is 0.711. The van der Waals surface area contributed by atoms with Gasteiger partial charge in [-0.15, -0.1) is 0 Å². The van der Waals surface area contributed by atoms with Crippen LogP contribution in [0, 0.1) is 5.92 Å². The second-order valence-electron chi connectivity index (χ2n) is 5.99. The van der Waals surface area contributed by atoms with Gasteiger partial charge in [0.1, 0.15) is 0 Å². The Labute approximate surface area is 147 Å². The van der Waals surface area contributed by atoms with Gasteiger partial charge >= 0.3 is 18.0 Å². The van der Waals surface area contributed by atoms with Gasteiger partial charge in [0, 0.05) is 16.2 Å². The molecule has 0 saturated carbocycles. The summed E-state index contributed by atoms with van der Waals surface area (Å²) >= 11 is 2.81. The molecule has 0 aromatic heterocycles. The Morgan fingerprint density at radius 2 is 1.75 bits per heavy atom. The zero-order valence-electron chi connectivity index (χ0n) is 13.6. The summed E-state index contributed by atoms with van der Waals surface area (Å²) in [4.78, 5) is 23.6. The largest absolute Gasteiger partial charge is 0.417 e. The van der Waals surface area contributed by atoms with Gasteiger partial charge in [-0.3, -0.25) is 9.59 Å². The second kappa shape index (κ2) is 8.50. The highest BCUT2D eigenvalue weighted by Crippen LogP contribution is 2.36. The van der Waals surface area contributed by atoms with E-state index >= 15 is 0 Å². The van der Waals surface area contributed by atoms with E-state index in [2.05, 4.69) is 26.6 Å². The van der Waals surface area contributed by atoms with Crippen molar-refractivity contribution in [3.63, 3.8) is 0 Å². The molecule has 2 N–H and O–H groups in total. The van der Waals surface area contributed by atoms with Gasteiger partial charge in [-0.25, -0.2) is 0 Å². The van der Waals surface area contributed by atoms with Gasteiger partial charge in [0.15, 0.2) is 0 Å². The fourth-order valence-corrected chi connectivity index (χ4v) is 2.42. The van der Waals surface area contributed by atoms with Crippen molar-refractivity contribution >= 4 is 33.4 Å². The maximum atomic E-state index is 12.8. The normalized spacial score (nSPS) is 12.8. The van der Waals surface area contributed by atoms with Gasteiger partial charge in [0.05, 0.1) is 5.56 Å². The molecule has 1 atom stereocenters. The number of rotatable bonds is 5. The molecule has 0 saturated heterocycles. The molecule has 0 aliphatic carbocycles. The van der Waals surface area contributed by atoms with Crippen LogP contribution in [0.2, 0.25) is 0 Å². The zero-order chi connectivity index (χ0) is 18.5. The summed E-state index contributed by atoms with van der Waals surface area (Å²) in [5.74, 6) is -1.40. The molecule has 2 amide bonds. The molecule has 1 aromatic carbocycles. The summed E-state index contributed by atoms with van der Waals surface area (Å²) < 4.78 is 38.3. The van der Waals surface area contributed by atoms with Crippen LogP contribution in [-0.4, -0.2) is 17.9 Å². The van der Waals surface area contributed by atoms with Crippen LogP contribution in [0.1, 0.15) is 39.2 Å². The number of nitrogens with one attached hydrogen (secondary N) is 2. The molecule has 24 heavy (non-hydrogen) atoms. The highest BCUT2D eigenvalue weighted by Gasteiger charge is 2.33. The molecule has 0 bridgehead atoms. The Bertz CT molecular complexity index is 603. The molecule has 1 rings (SSSR count). The van der Waals surface area contributed by atoms with E-state index in [0.29, 0.717) is 12.3 Å². The minimum atomic E-state index is -4.56. The first-order valence-electron chi connectivity index (χ1n) is 7.49. The minimum Gasteiger partial charge on any atom is -0.345 e. The van der Waals surface area contributed by atoms with Crippen LogP contribution in [0.15, 0.2) is 22.7 Å². The molecular weight excluding hydrogens is 389 g/mol. The van der Waals surface area contributed by atoms with Gasteiger partial charge in [0.2, 0.25) is 0 Å². The summed E-state index contributed by atoms with van der Waals surface area (Å²) in [6.07, 6.45) is -2.95. The Morgan fingerprint density at radius 1 is 1.12 bits per heavy atom. The topological polar surface area (TPSA) is 58.2 Å². The molecule has 0 radical (unpaired) electrons. The van der Waals surface area contributed by atoms with Crippen molar-refractivity contribution in [1.82, 2.24) is 5.32 Å². The molecular formula is C16H20BrF3N2O2. The first-order valence-corrected chi connectivity index (χ1v) is 8.28. The van der Waals surface area contributed by atoms with E-state index in [0.717, 1.165) is 12.5 Å². The van der Waals surface area contributed by atoms with Crippen molar-refractivity contribution in [2.24, 2.45) is 5.92 Å². The third-order valence-corrected chi connectivity index (χ3v) is 3.98. The van der Waals surface area contributed by atoms with Crippen molar-refractivity contribution in [2.75, 3.05) is 5.32 Å². The zero-order valence-corrected chi connectivity index (χ0v) is 15.2. The first kappa shape index (κ1) is 20.5. The summed E-state index contributed by atoms with van der Waals surface area (Å²) in [7, 11) is 0. The maximum absolute atomic E-state index is 12.8. The monoisotopic (exact) mass is 408 g/mol. The predicted molar refractivity (Wildman–Crippen MR) is 89.5 cm³/mol. The van der Waals surface area contributed by atoms with Crippen LogP contribution in [0.5, 0.6) is 0 Å². The lowest BCUT2D eigenvalue weighted by molar-refractivity contribution is -0.138. The fraction of sp³-hybridized carbons (Fsp3) is 0.500. The predicted octanol–water partition coefficient (Wildman–Crippen LogP) is 4.35. The molecule has 8 heteroatoms. The number of alkyl halides is 3. The highest BCUT2D eigenvalue weighted by molar-refractivity contribution is 9.10. The molecule has 0 fully saturated rings. The summed E-state index contributed by atoms with van der Waals surface area (Å²) in [6, 6.07) is 3.03. The number of carbonyl (C=O) groups excluding carboxylic acids is 2. The van der Waals surface area contributed by atoms with Gasteiger partial charge in [0.25, 0.3) is 0 Å². The van der Waals surface area contributed by atoms with Gasteiger partial charge < -0.3 is 10.6 Å². The SMILES string of the molecule is CC(C)CCC(C)NC(=O)C(=O)Nc1ccc(Br)c(C(F)(F)F)c1. The Balaban J connectivity index is 2.69. The molecule has 0 aliphatic rings. The molecule has 0 spiro atoms. The number of halogens is 4. The van der Waals surface area contributed by atoms with Crippen molar-refractivity contribution in [2.45, 2.75) is 45.8 Å². The number of amides is 2. The fourth-order valence-electron chi connectivity index (χ4n) is 1.95. The Kier molecular flexibility index (Phi) is 7.26. The van der Waals surface area contributed by atoms with Crippen LogP contribution in [-0.2, 0) is 15.8 Å². The molecule has 0 aliphatic heterocycles. The first-order chi connectivity index (χ1) is 11.0. The summed E-state index contributed by atoms with van der Waals surface area (Å²) in [5.41, 5.74) is -1.02. The number of benzene rings is 1. The van der Waals surface area contributed by atoms with Gasteiger partial charge in [-0.05, 0) is 43.9 Å². The van der Waals surface area contributed by atoms with E-state index in [1.54, 1.807) is 6.92 Å². The number of anilines is 1. The van der Waals surface area contributed by atoms with E-state index in [-0.39, 0.29) is 16.2 Å². The average Bonchev–Trinajstić information content (AvgIpc) is 2.45. The number of hydrogen-bond acceptors (Lipinski definition) is 2. The third-order valence-electron chi connectivity index (χ3n) is 3.29. The Morgan fingerprint density at radius 3 is 2.29 bits per heavy atom.